The number of aromatic amines is 1. The third-order valence-corrected chi connectivity index (χ3v) is 6.70. The predicted octanol–water partition coefficient (Wildman–Crippen LogP) is 1.67. The molecule has 0 aromatic carbocycles. The van der Waals surface area contributed by atoms with Gasteiger partial charge in [-0.25, -0.2) is 4.79 Å². The first-order chi connectivity index (χ1) is 11.1. The largest absolute Gasteiger partial charge is 0.346 e. The minimum atomic E-state index is -3.02. The van der Waals surface area contributed by atoms with Gasteiger partial charge in [0, 0.05) is 12.3 Å². The first-order valence-electron chi connectivity index (χ1n) is 7.08. The highest BCUT2D eigenvalue weighted by molar-refractivity contribution is 8.07. The van der Waals surface area contributed by atoms with Crippen molar-refractivity contribution in [3.05, 3.63) is 33.1 Å². The number of nitrogens with one attached hydrogen (secondary N) is 1. The third-order valence-electron chi connectivity index (χ3n) is 3.43. The molecule has 8 nitrogen and oxygen atoms in total. The number of H-pyrrole nitrogens is 1. The molecule has 1 aromatic heterocycles. The maximum absolute atomic E-state index is 12.0. The zero-order chi connectivity index (χ0) is 17.7. The molecule has 2 aliphatic heterocycles. The summed E-state index contributed by atoms with van der Waals surface area (Å²) in [6.07, 6.45) is -1.50. The van der Waals surface area contributed by atoms with Gasteiger partial charge in [-0.15, -0.1) is 0 Å². The number of aromatic nitrogens is 2. The van der Waals surface area contributed by atoms with Crippen molar-refractivity contribution < 1.29 is 18.3 Å². The Morgan fingerprint density at radius 3 is 2.83 bits per heavy atom. The van der Waals surface area contributed by atoms with Crippen molar-refractivity contribution in [3.63, 3.8) is 0 Å². The molecule has 3 rings (SSSR count). The van der Waals surface area contributed by atoms with Gasteiger partial charge in [-0.3, -0.25) is 18.9 Å². The van der Waals surface area contributed by atoms with Crippen molar-refractivity contribution in [1.29, 1.82) is 0 Å². The number of alkyl halides is 2. The van der Waals surface area contributed by atoms with E-state index in [1.807, 2.05) is 0 Å². The first-order valence-corrected chi connectivity index (χ1v) is 10.4. The standard InChI is InChI=1S/C12H15Cl2N2O6PS/c1-6(2)21-23(24)19-5-7-9(22-23)12(13,14)10(20-7)16-4-3-8(17)15-11(16)18/h3-4,6-7,9-10H,5H2,1-2H3,(H,15,17,18). The van der Waals surface area contributed by atoms with Gasteiger partial charge in [-0.05, 0) is 25.7 Å². The van der Waals surface area contributed by atoms with Crippen LogP contribution in [0.1, 0.15) is 20.1 Å². The molecule has 1 aromatic rings. The molecule has 2 fully saturated rings. The lowest BCUT2D eigenvalue weighted by Gasteiger charge is -2.36. The quantitative estimate of drug-likeness (QED) is 0.591. The molecule has 134 valence electrons. The SMILES string of the molecule is CC(C)OP1(=S)OCC2OC(n3ccc(=O)[nH]c3=O)C(Cl)(Cl)C2O1. The van der Waals surface area contributed by atoms with E-state index >= 15 is 0 Å². The van der Waals surface area contributed by atoms with Crippen LogP contribution in [0.2, 0.25) is 0 Å². The zero-order valence-electron chi connectivity index (χ0n) is 12.7. The lowest BCUT2D eigenvalue weighted by atomic mass is 10.2. The lowest BCUT2D eigenvalue weighted by Crippen LogP contribution is -2.44. The molecule has 2 aliphatic rings. The molecule has 0 spiro atoms. The van der Waals surface area contributed by atoms with Crippen LogP contribution in [0.3, 0.4) is 0 Å². The van der Waals surface area contributed by atoms with Gasteiger partial charge in [0.15, 0.2) is 10.6 Å². The second-order valence-electron chi connectivity index (χ2n) is 5.64. The number of hydrogen-bond acceptors (Lipinski definition) is 7. The molecule has 4 atom stereocenters. The summed E-state index contributed by atoms with van der Waals surface area (Å²) in [7, 11) is 0. The van der Waals surface area contributed by atoms with Crippen LogP contribution in [0.15, 0.2) is 21.9 Å². The van der Waals surface area contributed by atoms with E-state index < -0.39 is 40.7 Å². The highest BCUT2D eigenvalue weighted by Crippen LogP contribution is 2.61. The van der Waals surface area contributed by atoms with Crippen LogP contribution in [-0.4, -0.2) is 38.8 Å². The monoisotopic (exact) mass is 416 g/mol. The van der Waals surface area contributed by atoms with Crippen molar-refractivity contribution in [3.8, 4) is 0 Å². The summed E-state index contributed by atoms with van der Waals surface area (Å²) in [5, 5.41) is 0. The van der Waals surface area contributed by atoms with Crippen LogP contribution in [0.25, 0.3) is 0 Å². The summed E-state index contributed by atoms with van der Waals surface area (Å²) >= 11 is 18.2. The highest BCUT2D eigenvalue weighted by atomic mass is 35.5. The summed E-state index contributed by atoms with van der Waals surface area (Å²) < 4.78 is 22.0. The summed E-state index contributed by atoms with van der Waals surface area (Å²) in [5.74, 6) is 0. The second-order valence-corrected chi connectivity index (χ2v) is 10.0. The van der Waals surface area contributed by atoms with Gasteiger partial charge in [0.2, 0.25) is 0 Å². The predicted molar refractivity (Wildman–Crippen MR) is 91.0 cm³/mol. The van der Waals surface area contributed by atoms with Crippen molar-refractivity contribution in [2.24, 2.45) is 0 Å². The number of hydrogen-bond donors (Lipinski definition) is 1. The minimum Gasteiger partial charge on any atom is -0.346 e. The smallest absolute Gasteiger partial charge is 0.330 e. The van der Waals surface area contributed by atoms with Gasteiger partial charge in [0.05, 0.1) is 12.7 Å². The highest BCUT2D eigenvalue weighted by Gasteiger charge is 2.61. The van der Waals surface area contributed by atoms with E-state index in [4.69, 9.17) is 53.3 Å². The van der Waals surface area contributed by atoms with E-state index in [0.717, 1.165) is 4.57 Å². The van der Waals surface area contributed by atoms with Crippen LogP contribution in [0.5, 0.6) is 0 Å². The Morgan fingerprint density at radius 1 is 1.50 bits per heavy atom. The maximum Gasteiger partial charge on any atom is 0.330 e. The van der Waals surface area contributed by atoms with Crippen molar-refractivity contribution in [2.75, 3.05) is 6.61 Å². The Morgan fingerprint density at radius 2 is 2.21 bits per heavy atom. The number of ether oxygens (including phenoxy) is 1. The summed E-state index contributed by atoms with van der Waals surface area (Å²) in [5.41, 5.74) is -1.24. The second kappa shape index (κ2) is 6.48. The Kier molecular flexibility index (Phi) is 5.01. The van der Waals surface area contributed by atoms with Crippen molar-refractivity contribution in [2.45, 2.75) is 42.7 Å². The molecule has 0 amide bonds. The van der Waals surface area contributed by atoms with Crippen molar-refractivity contribution in [1.82, 2.24) is 9.55 Å². The Bertz CT molecular complexity index is 796. The average Bonchev–Trinajstić information content (AvgIpc) is 2.69. The van der Waals surface area contributed by atoms with Gasteiger partial charge in [0.25, 0.3) is 5.56 Å². The molecule has 2 saturated heterocycles. The fourth-order valence-electron chi connectivity index (χ4n) is 2.49. The van der Waals surface area contributed by atoms with Crippen LogP contribution < -0.4 is 11.2 Å². The normalized spacial score (nSPS) is 35.1. The van der Waals surface area contributed by atoms with Gasteiger partial charge < -0.3 is 13.8 Å². The molecule has 0 radical (unpaired) electrons. The van der Waals surface area contributed by atoms with Crippen molar-refractivity contribution >= 4 is 41.7 Å². The number of nitrogens with zero attached hydrogens (tertiary/aromatic N) is 1. The summed E-state index contributed by atoms with van der Waals surface area (Å²) in [6.45, 7) is 0.658. The molecular formula is C12H15Cl2N2O6PS. The summed E-state index contributed by atoms with van der Waals surface area (Å²) in [6, 6.07) is 1.17. The van der Waals surface area contributed by atoms with Gasteiger partial charge in [-0.1, -0.05) is 23.2 Å². The molecule has 4 unspecified atom stereocenters. The Balaban J connectivity index is 1.91. The lowest BCUT2D eigenvalue weighted by molar-refractivity contribution is -0.0651. The van der Waals surface area contributed by atoms with Crippen LogP contribution in [-0.2, 0) is 30.1 Å². The van der Waals surface area contributed by atoms with E-state index in [1.54, 1.807) is 13.8 Å². The molecule has 3 heterocycles. The van der Waals surface area contributed by atoms with E-state index in [-0.39, 0.29) is 12.7 Å². The molecule has 12 heteroatoms. The van der Waals surface area contributed by atoms with E-state index in [2.05, 4.69) is 4.98 Å². The third kappa shape index (κ3) is 3.37. The number of halogens is 2. The molecule has 0 saturated carbocycles. The molecule has 24 heavy (non-hydrogen) atoms. The van der Waals surface area contributed by atoms with Gasteiger partial charge in [0.1, 0.15) is 12.2 Å². The maximum atomic E-state index is 12.0. The van der Waals surface area contributed by atoms with E-state index in [1.165, 1.54) is 12.3 Å². The molecule has 0 aliphatic carbocycles. The zero-order valence-corrected chi connectivity index (χ0v) is 15.9. The first kappa shape index (κ1) is 18.5. The fourth-order valence-corrected chi connectivity index (χ4v) is 5.87. The molecule has 0 bridgehead atoms. The van der Waals surface area contributed by atoms with Gasteiger partial charge in [-0.2, -0.15) is 0 Å². The Hall–Kier alpha value is -0.250. The van der Waals surface area contributed by atoms with E-state index in [0.29, 0.717) is 0 Å². The minimum absolute atomic E-state index is 0.0739. The topological polar surface area (TPSA) is 91.8 Å². The number of rotatable bonds is 3. The van der Waals surface area contributed by atoms with Crippen LogP contribution >= 0.6 is 29.9 Å². The van der Waals surface area contributed by atoms with E-state index in [9.17, 15) is 9.59 Å². The Labute approximate surface area is 152 Å². The van der Waals surface area contributed by atoms with Crippen LogP contribution in [0, 0.1) is 0 Å². The average molecular weight is 417 g/mol. The molecule has 1 N–H and O–H groups in total. The fraction of sp³-hybridized carbons (Fsp3) is 0.667. The van der Waals surface area contributed by atoms with Crippen LogP contribution in [0.4, 0.5) is 0 Å². The van der Waals surface area contributed by atoms with Gasteiger partial charge >= 0.3 is 12.4 Å². The number of fused-ring (bicyclic) bond motifs is 1. The molecular weight excluding hydrogens is 402 g/mol. The summed E-state index contributed by atoms with van der Waals surface area (Å²) in [4.78, 5) is 25.3.